The maximum Gasteiger partial charge on any atom is 0.150 e. The second-order valence-electron chi connectivity index (χ2n) is 2.04. The van der Waals surface area contributed by atoms with Crippen LogP contribution in [0.3, 0.4) is 0 Å². The molecule has 0 saturated carbocycles. The molecule has 0 amide bonds. The first-order valence-electron chi connectivity index (χ1n) is 2.97. The highest BCUT2D eigenvalue weighted by atomic mass is 35.5. The Hall–Kier alpha value is -1.16. The smallest absolute Gasteiger partial charge is 0.150 e. The van der Waals surface area contributed by atoms with Crippen molar-refractivity contribution in [2.24, 2.45) is 0 Å². The molecule has 58 valence electrons. The third kappa shape index (κ3) is 1.65. The lowest BCUT2D eigenvalue weighted by atomic mass is 10.5. The van der Waals surface area contributed by atoms with Crippen molar-refractivity contribution in [3.8, 4) is 0 Å². The average molecular weight is 171 g/mol. The van der Waals surface area contributed by atoms with Crippen LogP contribution in [0.1, 0.15) is 6.92 Å². The van der Waals surface area contributed by atoms with Gasteiger partial charge in [-0.1, -0.05) is 11.6 Å². The van der Waals surface area contributed by atoms with Crippen molar-refractivity contribution in [3.63, 3.8) is 0 Å². The Labute approximate surface area is 68.5 Å². The van der Waals surface area contributed by atoms with E-state index >= 15 is 0 Å². The van der Waals surface area contributed by atoms with Gasteiger partial charge in [-0.3, -0.25) is 10.8 Å². The topological polar surface area (TPSA) is 65.5 Å². The van der Waals surface area contributed by atoms with Gasteiger partial charge in [0.2, 0.25) is 0 Å². The molecule has 0 spiro atoms. The van der Waals surface area contributed by atoms with E-state index in [2.05, 4.69) is 5.10 Å². The second kappa shape index (κ2) is 2.84. The van der Waals surface area contributed by atoms with Crippen molar-refractivity contribution >= 4 is 17.4 Å². The van der Waals surface area contributed by atoms with Gasteiger partial charge in [-0.15, -0.1) is 0 Å². The maximum absolute atomic E-state index is 7.30. The first kappa shape index (κ1) is 7.94. The zero-order valence-electron chi connectivity index (χ0n) is 5.93. The third-order valence-corrected chi connectivity index (χ3v) is 1.32. The van der Waals surface area contributed by atoms with Crippen molar-refractivity contribution in [1.82, 2.24) is 9.78 Å². The number of hydrogen-bond donors (Lipinski definition) is 2. The van der Waals surface area contributed by atoms with Crippen LogP contribution in [0.15, 0.2) is 12.1 Å². The van der Waals surface area contributed by atoms with E-state index in [0.29, 0.717) is 0 Å². The molecule has 4 nitrogen and oxygen atoms in total. The van der Waals surface area contributed by atoms with Gasteiger partial charge in [-0.25, -0.2) is 4.68 Å². The second-order valence-corrected chi connectivity index (χ2v) is 2.43. The Kier molecular flexibility index (Phi) is 2.05. The van der Waals surface area contributed by atoms with Crippen molar-refractivity contribution in [2.45, 2.75) is 6.92 Å². The molecule has 0 aromatic carbocycles. The summed E-state index contributed by atoms with van der Waals surface area (Å²) in [6.07, 6.45) is 0. The van der Waals surface area contributed by atoms with Crippen molar-refractivity contribution in [2.75, 3.05) is 0 Å². The SMILES string of the molecule is CC(=N)n1nc(Cl)ccc1=N. The van der Waals surface area contributed by atoms with E-state index < -0.39 is 0 Å². The quantitative estimate of drug-likeness (QED) is 0.440. The molecule has 0 atom stereocenters. The summed E-state index contributed by atoms with van der Waals surface area (Å²) in [4.78, 5) is 0. The van der Waals surface area contributed by atoms with Crippen LogP contribution in [-0.4, -0.2) is 15.6 Å². The largest absolute Gasteiger partial charge is 0.287 e. The van der Waals surface area contributed by atoms with Gasteiger partial charge < -0.3 is 0 Å². The molecule has 2 N–H and O–H groups in total. The van der Waals surface area contributed by atoms with Crippen molar-refractivity contribution in [1.29, 1.82) is 10.8 Å². The molecule has 0 bridgehead atoms. The predicted molar refractivity (Wildman–Crippen MR) is 41.9 cm³/mol. The van der Waals surface area contributed by atoms with E-state index in [1.165, 1.54) is 12.1 Å². The standard InChI is InChI=1S/C6H7ClN4/c1-4(8)11-6(9)3-2-5(7)10-11/h2-3,8-9H,1H3. The van der Waals surface area contributed by atoms with Gasteiger partial charge in [0, 0.05) is 0 Å². The van der Waals surface area contributed by atoms with Crippen LogP contribution >= 0.6 is 11.6 Å². The van der Waals surface area contributed by atoms with Crippen LogP contribution in [0.5, 0.6) is 0 Å². The van der Waals surface area contributed by atoms with Crippen LogP contribution < -0.4 is 5.49 Å². The first-order valence-corrected chi connectivity index (χ1v) is 3.35. The fourth-order valence-electron chi connectivity index (χ4n) is 0.657. The predicted octanol–water partition coefficient (Wildman–Crippen LogP) is 0.861. The summed E-state index contributed by atoms with van der Waals surface area (Å²) in [5, 5.41) is 18.5. The monoisotopic (exact) mass is 170 g/mol. The first-order chi connectivity index (χ1) is 5.11. The molecule has 1 aromatic heterocycles. The summed E-state index contributed by atoms with van der Waals surface area (Å²) in [5.41, 5.74) is 0.155. The van der Waals surface area contributed by atoms with Gasteiger partial charge in [-0.05, 0) is 19.1 Å². The van der Waals surface area contributed by atoms with Crippen molar-refractivity contribution < 1.29 is 0 Å². The van der Waals surface area contributed by atoms with Gasteiger partial charge in [0.15, 0.2) is 0 Å². The third-order valence-electron chi connectivity index (χ3n) is 1.12. The summed E-state index contributed by atoms with van der Waals surface area (Å²) in [7, 11) is 0. The minimum Gasteiger partial charge on any atom is -0.287 e. The molecule has 0 aliphatic heterocycles. The highest BCUT2D eigenvalue weighted by Gasteiger charge is 1.96. The maximum atomic E-state index is 7.30. The van der Waals surface area contributed by atoms with E-state index in [0.717, 1.165) is 4.68 Å². The van der Waals surface area contributed by atoms with Crippen LogP contribution in [0.4, 0.5) is 0 Å². The van der Waals surface area contributed by atoms with E-state index in [1.54, 1.807) is 6.92 Å². The number of nitrogens with zero attached hydrogens (tertiary/aromatic N) is 2. The van der Waals surface area contributed by atoms with E-state index in [4.69, 9.17) is 22.4 Å². The Morgan fingerprint density at radius 1 is 1.64 bits per heavy atom. The Morgan fingerprint density at radius 2 is 2.27 bits per heavy atom. The zero-order chi connectivity index (χ0) is 8.43. The summed E-state index contributed by atoms with van der Waals surface area (Å²) >= 11 is 5.55. The molecule has 0 unspecified atom stereocenters. The summed E-state index contributed by atoms with van der Waals surface area (Å²) in [6.45, 7) is 1.54. The van der Waals surface area contributed by atoms with Crippen LogP contribution in [0.2, 0.25) is 5.15 Å². The van der Waals surface area contributed by atoms with E-state index in [1.807, 2.05) is 0 Å². The summed E-state index contributed by atoms with van der Waals surface area (Å²) in [5.74, 6) is 0.178. The minimum atomic E-state index is 0.155. The van der Waals surface area contributed by atoms with E-state index in [9.17, 15) is 0 Å². The van der Waals surface area contributed by atoms with Gasteiger partial charge in [0.1, 0.15) is 16.5 Å². The molecule has 0 aliphatic rings. The molecular formula is C6H7ClN4. The molecule has 0 saturated heterocycles. The fourth-order valence-corrected chi connectivity index (χ4v) is 0.795. The Bertz CT molecular complexity index is 341. The molecule has 0 radical (unpaired) electrons. The van der Waals surface area contributed by atoms with Gasteiger partial charge in [0.25, 0.3) is 0 Å². The molecule has 11 heavy (non-hydrogen) atoms. The van der Waals surface area contributed by atoms with Gasteiger partial charge >= 0.3 is 0 Å². The lowest BCUT2D eigenvalue weighted by Gasteiger charge is -2.00. The fraction of sp³-hybridized carbons (Fsp3) is 0.167. The molecule has 1 rings (SSSR count). The number of hydrogen-bond acceptors (Lipinski definition) is 3. The highest BCUT2D eigenvalue weighted by molar-refractivity contribution is 6.29. The Balaban J connectivity index is 3.35. The highest BCUT2D eigenvalue weighted by Crippen LogP contribution is 1.96. The minimum absolute atomic E-state index is 0.155. The van der Waals surface area contributed by atoms with Gasteiger partial charge in [0.05, 0.1) is 0 Å². The van der Waals surface area contributed by atoms with E-state index in [-0.39, 0.29) is 16.5 Å². The molecular weight excluding hydrogens is 164 g/mol. The average Bonchev–Trinajstić information content (AvgIpc) is 1.94. The van der Waals surface area contributed by atoms with Crippen LogP contribution in [-0.2, 0) is 0 Å². The van der Waals surface area contributed by atoms with Gasteiger partial charge in [-0.2, -0.15) is 5.10 Å². The molecule has 0 aliphatic carbocycles. The van der Waals surface area contributed by atoms with Crippen LogP contribution in [0.25, 0.3) is 0 Å². The van der Waals surface area contributed by atoms with Crippen LogP contribution in [0, 0.1) is 10.8 Å². The molecule has 5 heteroatoms. The Morgan fingerprint density at radius 3 is 2.73 bits per heavy atom. The molecule has 0 fully saturated rings. The zero-order valence-corrected chi connectivity index (χ0v) is 6.68. The number of halogens is 1. The van der Waals surface area contributed by atoms with Crippen molar-refractivity contribution in [3.05, 3.63) is 22.8 Å². The molecule has 1 heterocycles. The number of nitrogens with one attached hydrogen (secondary N) is 2. The molecule has 1 aromatic rings. The summed E-state index contributed by atoms with van der Waals surface area (Å²) < 4.78 is 1.16. The number of aromatic nitrogens is 2. The lowest BCUT2D eigenvalue weighted by Crippen LogP contribution is -2.26. The lowest BCUT2D eigenvalue weighted by molar-refractivity contribution is 0.806. The normalized spacial score (nSPS) is 9.64. The number of rotatable bonds is 0. The summed E-state index contributed by atoms with van der Waals surface area (Å²) in [6, 6.07) is 3.01.